The number of nitrogens with one attached hydrogen (secondary N) is 1. The van der Waals surface area contributed by atoms with Gasteiger partial charge in [-0.3, -0.25) is 9.78 Å². The van der Waals surface area contributed by atoms with Gasteiger partial charge in [0.2, 0.25) is 0 Å². The minimum atomic E-state index is -0.000864. The van der Waals surface area contributed by atoms with Crippen molar-refractivity contribution in [2.75, 3.05) is 20.1 Å². The Balaban J connectivity index is 2.01. The van der Waals surface area contributed by atoms with Crippen LogP contribution in [0, 0.1) is 0 Å². The van der Waals surface area contributed by atoms with Crippen molar-refractivity contribution < 1.29 is 4.79 Å². The van der Waals surface area contributed by atoms with Crippen molar-refractivity contribution >= 4 is 28.4 Å². The monoisotopic (exact) mass is 289 g/mol. The van der Waals surface area contributed by atoms with Crippen LogP contribution in [0.1, 0.15) is 16.8 Å². The third-order valence-electron chi connectivity index (χ3n) is 3.85. The molecule has 0 aliphatic carbocycles. The second kappa shape index (κ2) is 5.38. The van der Waals surface area contributed by atoms with Crippen LogP contribution >= 0.6 is 11.6 Å². The summed E-state index contributed by atoms with van der Waals surface area (Å²) in [5.41, 5.74) is 1.28. The summed E-state index contributed by atoms with van der Waals surface area (Å²) in [5.74, 6) is -0.000864. The fraction of sp³-hybridized carbons (Fsp3) is 0.333. The van der Waals surface area contributed by atoms with E-state index >= 15 is 0 Å². The third-order valence-corrected chi connectivity index (χ3v) is 4.18. The highest BCUT2D eigenvalue weighted by molar-refractivity contribution is 6.36. The number of carbonyl (C=O) groups excluding carboxylic acids is 1. The number of benzene rings is 1. The molecule has 1 amide bonds. The molecule has 20 heavy (non-hydrogen) atoms. The number of carbonyl (C=O) groups is 1. The number of amides is 1. The summed E-state index contributed by atoms with van der Waals surface area (Å²) in [4.78, 5) is 18.8. The van der Waals surface area contributed by atoms with Crippen LogP contribution in [0.3, 0.4) is 0 Å². The van der Waals surface area contributed by atoms with E-state index in [2.05, 4.69) is 10.3 Å². The average Bonchev–Trinajstić information content (AvgIpc) is 3.01. The molecule has 104 valence electrons. The van der Waals surface area contributed by atoms with E-state index < -0.39 is 0 Å². The van der Waals surface area contributed by atoms with Crippen molar-refractivity contribution in [3.8, 4) is 0 Å². The van der Waals surface area contributed by atoms with E-state index in [0.717, 1.165) is 24.9 Å². The zero-order valence-electron chi connectivity index (χ0n) is 11.3. The maximum Gasteiger partial charge on any atom is 0.256 e. The number of pyridine rings is 1. The largest absolute Gasteiger partial charge is 0.337 e. The van der Waals surface area contributed by atoms with Crippen molar-refractivity contribution in [3.63, 3.8) is 0 Å². The summed E-state index contributed by atoms with van der Waals surface area (Å²) >= 11 is 6.17. The minimum Gasteiger partial charge on any atom is -0.337 e. The standard InChI is InChI=1S/C15H16ClN3O/c1-19(10-6-8-17-9-10)15(20)12-4-5-13(16)11-3-2-7-18-14(11)12/h2-5,7,10,17H,6,8-9H2,1H3. The highest BCUT2D eigenvalue weighted by atomic mass is 35.5. The quantitative estimate of drug-likeness (QED) is 0.923. The van der Waals surface area contributed by atoms with Crippen LogP contribution in [0.4, 0.5) is 0 Å². The highest BCUT2D eigenvalue weighted by Gasteiger charge is 2.25. The first kappa shape index (κ1) is 13.3. The lowest BCUT2D eigenvalue weighted by Crippen LogP contribution is -2.38. The Hall–Kier alpha value is -1.65. The van der Waals surface area contributed by atoms with Gasteiger partial charge in [0.25, 0.3) is 5.91 Å². The molecule has 1 aromatic heterocycles. The van der Waals surface area contributed by atoms with E-state index in [1.165, 1.54) is 0 Å². The van der Waals surface area contributed by atoms with E-state index in [1.807, 2.05) is 19.2 Å². The van der Waals surface area contributed by atoms with Crippen molar-refractivity contribution in [3.05, 3.63) is 41.0 Å². The third kappa shape index (κ3) is 2.25. The van der Waals surface area contributed by atoms with Crippen molar-refractivity contribution in [2.24, 2.45) is 0 Å². The second-order valence-electron chi connectivity index (χ2n) is 5.06. The molecule has 1 N–H and O–H groups in total. The molecule has 0 bridgehead atoms. The second-order valence-corrected chi connectivity index (χ2v) is 5.46. The van der Waals surface area contributed by atoms with E-state index in [9.17, 15) is 4.79 Å². The van der Waals surface area contributed by atoms with Gasteiger partial charge in [-0.1, -0.05) is 11.6 Å². The Morgan fingerprint density at radius 2 is 2.30 bits per heavy atom. The van der Waals surface area contributed by atoms with Gasteiger partial charge in [0, 0.05) is 31.2 Å². The van der Waals surface area contributed by atoms with E-state index in [1.54, 1.807) is 23.2 Å². The van der Waals surface area contributed by atoms with Gasteiger partial charge in [0.1, 0.15) is 0 Å². The SMILES string of the molecule is CN(C(=O)c1ccc(Cl)c2cccnc12)C1CCNC1. The van der Waals surface area contributed by atoms with Crippen LogP contribution in [0.15, 0.2) is 30.5 Å². The van der Waals surface area contributed by atoms with Crippen molar-refractivity contribution in [2.45, 2.75) is 12.5 Å². The smallest absolute Gasteiger partial charge is 0.256 e. The summed E-state index contributed by atoms with van der Waals surface area (Å²) in [5, 5.41) is 4.71. The van der Waals surface area contributed by atoms with E-state index in [0.29, 0.717) is 16.1 Å². The van der Waals surface area contributed by atoms with Gasteiger partial charge in [-0.05, 0) is 37.2 Å². The predicted octanol–water partition coefficient (Wildman–Crippen LogP) is 2.32. The molecule has 0 radical (unpaired) electrons. The van der Waals surface area contributed by atoms with Gasteiger partial charge in [0.15, 0.2) is 0 Å². The van der Waals surface area contributed by atoms with Crippen molar-refractivity contribution in [1.82, 2.24) is 15.2 Å². The number of hydrogen-bond acceptors (Lipinski definition) is 3. The van der Waals surface area contributed by atoms with Crippen molar-refractivity contribution in [1.29, 1.82) is 0 Å². The lowest BCUT2D eigenvalue weighted by Gasteiger charge is -2.24. The number of nitrogens with zero attached hydrogens (tertiary/aromatic N) is 2. The molecule has 1 atom stereocenters. The maximum atomic E-state index is 12.7. The molecule has 1 fully saturated rings. The summed E-state index contributed by atoms with van der Waals surface area (Å²) in [6.45, 7) is 1.81. The molecule has 1 aliphatic rings. The maximum absolute atomic E-state index is 12.7. The van der Waals surface area contributed by atoms with Gasteiger partial charge in [-0.25, -0.2) is 0 Å². The molecule has 2 aromatic rings. The molecular weight excluding hydrogens is 274 g/mol. The number of aromatic nitrogens is 1. The predicted molar refractivity (Wildman–Crippen MR) is 80.1 cm³/mol. The first-order valence-electron chi connectivity index (χ1n) is 6.69. The van der Waals surface area contributed by atoms with Crippen LogP contribution in [0.5, 0.6) is 0 Å². The zero-order chi connectivity index (χ0) is 14.1. The molecule has 1 aromatic carbocycles. The van der Waals surface area contributed by atoms with Gasteiger partial charge in [-0.15, -0.1) is 0 Å². The molecule has 2 heterocycles. The molecule has 1 aliphatic heterocycles. The van der Waals surface area contributed by atoms with Crippen LogP contribution in [-0.2, 0) is 0 Å². The van der Waals surface area contributed by atoms with Gasteiger partial charge in [0.05, 0.1) is 16.1 Å². The fourth-order valence-corrected chi connectivity index (χ4v) is 2.85. The summed E-state index contributed by atoms with van der Waals surface area (Å²) < 4.78 is 0. The molecule has 0 saturated carbocycles. The summed E-state index contributed by atoms with van der Waals surface area (Å²) in [7, 11) is 1.85. The summed E-state index contributed by atoms with van der Waals surface area (Å²) in [6.07, 6.45) is 2.67. The van der Waals surface area contributed by atoms with Crippen LogP contribution in [-0.4, -0.2) is 42.0 Å². The Kier molecular flexibility index (Phi) is 3.59. The number of rotatable bonds is 2. The van der Waals surface area contributed by atoms with E-state index in [4.69, 9.17) is 11.6 Å². The normalized spacial score (nSPS) is 18.4. The van der Waals surface area contributed by atoms with E-state index in [-0.39, 0.29) is 11.9 Å². The minimum absolute atomic E-state index is 0.000864. The molecular formula is C15H16ClN3O. The number of hydrogen-bond donors (Lipinski definition) is 1. The molecule has 0 spiro atoms. The molecule has 3 rings (SSSR count). The first-order valence-corrected chi connectivity index (χ1v) is 7.07. The zero-order valence-corrected chi connectivity index (χ0v) is 12.0. The highest BCUT2D eigenvalue weighted by Crippen LogP contribution is 2.26. The molecule has 4 nitrogen and oxygen atoms in total. The Labute approximate surface area is 122 Å². The number of likely N-dealkylation sites (N-methyl/N-ethyl adjacent to an activating group) is 1. The molecule has 1 saturated heterocycles. The molecule has 5 heteroatoms. The van der Waals surface area contributed by atoms with Gasteiger partial charge < -0.3 is 10.2 Å². The Bertz CT molecular complexity index is 653. The lowest BCUT2D eigenvalue weighted by molar-refractivity contribution is 0.0745. The average molecular weight is 290 g/mol. The van der Waals surface area contributed by atoms with Crippen LogP contribution < -0.4 is 5.32 Å². The Morgan fingerprint density at radius 1 is 1.45 bits per heavy atom. The van der Waals surface area contributed by atoms with Crippen LogP contribution in [0.2, 0.25) is 5.02 Å². The molecule has 1 unspecified atom stereocenters. The van der Waals surface area contributed by atoms with Gasteiger partial charge in [-0.2, -0.15) is 0 Å². The Morgan fingerprint density at radius 3 is 3.05 bits per heavy atom. The number of halogens is 1. The first-order chi connectivity index (χ1) is 9.68. The van der Waals surface area contributed by atoms with Crippen LogP contribution in [0.25, 0.3) is 10.9 Å². The lowest BCUT2D eigenvalue weighted by atomic mass is 10.1. The summed E-state index contributed by atoms with van der Waals surface area (Å²) in [6, 6.07) is 7.49. The fourth-order valence-electron chi connectivity index (χ4n) is 2.64. The number of fused-ring (bicyclic) bond motifs is 1. The topological polar surface area (TPSA) is 45.2 Å². The van der Waals surface area contributed by atoms with Gasteiger partial charge >= 0.3 is 0 Å².